The van der Waals surface area contributed by atoms with E-state index in [1.807, 2.05) is 44.2 Å². The number of para-hydroxylation sites is 1. The molecule has 0 heterocycles. The van der Waals surface area contributed by atoms with Gasteiger partial charge in [0.2, 0.25) is 0 Å². The Kier molecular flexibility index (Phi) is 5.55. The molecule has 0 bridgehead atoms. The van der Waals surface area contributed by atoms with Gasteiger partial charge >= 0.3 is 0 Å². The average molecular weight is 317 g/mol. The molecule has 114 valence electrons. The van der Waals surface area contributed by atoms with Crippen LogP contribution in [0.5, 0.6) is 5.75 Å². The highest BCUT2D eigenvalue weighted by molar-refractivity contribution is 6.30. The summed E-state index contributed by atoms with van der Waals surface area (Å²) in [5.74, 6) is 0.423. The average Bonchev–Trinajstić information content (AvgIpc) is 2.49. The van der Waals surface area contributed by atoms with Crippen molar-refractivity contribution >= 4 is 23.7 Å². The van der Waals surface area contributed by atoms with Crippen molar-refractivity contribution in [2.24, 2.45) is 5.10 Å². The molecular formula is C17H17ClN2O2. The molecule has 0 radical (unpaired) electrons. The Morgan fingerprint density at radius 1 is 1.18 bits per heavy atom. The van der Waals surface area contributed by atoms with Crippen LogP contribution in [-0.4, -0.2) is 18.7 Å². The summed E-state index contributed by atoms with van der Waals surface area (Å²) in [6, 6.07) is 13.0. The van der Waals surface area contributed by atoms with Crippen molar-refractivity contribution < 1.29 is 9.53 Å². The Bertz CT molecular complexity index is 661. The minimum atomic E-state index is -0.312. The lowest BCUT2D eigenvalue weighted by atomic mass is 10.1. The predicted octanol–water partition coefficient (Wildman–Crippen LogP) is 3.49. The lowest BCUT2D eigenvalue weighted by Gasteiger charge is -2.10. The number of aryl methyl sites for hydroxylation is 2. The van der Waals surface area contributed by atoms with Crippen molar-refractivity contribution in [2.75, 3.05) is 6.61 Å². The highest BCUT2D eigenvalue weighted by Crippen LogP contribution is 2.21. The van der Waals surface area contributed by atoms with Crippen LogP contribution in [0.3, 0.4) is 0 Å². The molecule has 0 atom stereocenters. The number of nitrogens with one attached hydrogen (secondary N) is 1. The SMILES string of the molecule is Cc1cccc(C)c1OCC(=O)N/N=C/c1ccc(Cl)cc1. The monoisotopic (exact) mass is 316 g/mol. The molecule has 0 aliphatic rings. The third-order valence-corrected chi connectivity index (χ3v) is 3.28. The largest absolute Gasteiger partial charge is 0.483 e. The maximum atomic E-state index is 11.7. The second-order valence-corrected chi connectivity index (χ2v) is 5.29. The summed E-state index contributed by atoms with van der Waals surface area (Å²) in [5, 5.41) is 4.54. The summed E-state index contributed by atoms with van der Waals surface area (Å²) >= 11 is 5.79. The van der Waals surface area contributed by atoms with E-state index in [2.05, 4.69) is 10.5 Å². The van der Waals surface area contributed by atoms with Gasteiger partial charge in [0.15, 0.2) is 6.61 Å². The van der Waals surface area contributed by atoms with Crippen LogP contribution in [0.15, 0.2) is 47.6 Å². The molecule has 0 spiro atoms. The number of halogens is 1. The van der Waals surface area contributed by atoms with Crippen LogP contribution in [0.1, 0.15) is 16.7 Å². The lowest BCUT2D eigenvalue weighted by Crippen LogP contribution is -2.25. The van der Waals surface area contributed by atoms with Gasteiger partial charge in [0.05, 0.1) is 6.21 Å². The maximum absolute atomic E-state index is 11.7. The van der Waals surface area contributed by atoms with Crippen molar-refractivity contribution in [1.29, 1.82) is 0 Å². The fraction of sp³-hybridized carbons (Fsp3) is 0.176. The molecule has 0 fully saturated rings. The molecule has 0 aromatic heterocycles. The lowest BCUT2D eigenvalue weighted by molar-refractivity contribution is -0.123. The van der Waals surface area contributed by atoms with Crippen LogP contribution in [0.2, 0.25) is 5.02 Å². The quantitative estimate of drug-likeness (QED) is 0.678. The number of carbonyl (C=O) groups is 1. The second-order valence-electron chi connectivity index (χ2n) is 4.85. The van der Waals surface area contributed by atoms with Crippen molar-refractivity contribution in [3.05, 3.63) is 64.2 Å². The minimum Gasteiger partial charge on any atom is -0.483 e. The number of amides is 1. The van der Waals surface area contributed by atoms with Gasteiger partial charge in [-0.15, -0.1) is 0 Å². The number of carbonyl (C=O) groups excluding carboxylic acids is 1. The minimum absolute atomic E-state index is 0.0797. The number of hydrogen-bond donors (Lipinski definition) is 1. The molecule has 22 heavy (non-hydrogen) atoms. The first-order valence-electron chi connectivity index (χ1n) is 6.83. The molecule has 0 aliphatic carbocycles. The molecule has 0 saturated heterocycles. The van der Waals surface area contributed by atoms with Crippen molar-refractivity contribution in [1.82, 2.24) is 5.43 Å². The summed E-state index contributed by atoms with van der Waals surface area (Å²) in [7, 11) is 0. The van der Waals surface area contributed by atoms with Crippen LogP contribution < -0.4 is 10.2 Å². The number of nitrogens with zero attached hydrogens (tertiary/aromatic N) is 1. The summed E-state index contributed by atoms with van der Waals surface area (Å²) in [6.07, 6.45) is 1.55. The van der Waals surface area contributed by atoms with Gasteiger partial charge in [0, 0.05) is 5.02 Å². The topological polar surface area (TPSA) is 50.7 Å². The van der Waals surface area contributed by atoms with Gasteiger partial charge in [-0.3, -0.25) is 4.79 Å². The zero-order chi connectivity index (χ0) is 15.9. The van der Waals surface area contributed by atoms with Gasteiger partial charge < -0.3 is 4.74 Å². The normalized spacial score (nSPS) is 10.7. The van der Waals surface area contributed by atoms with E-state index in [1.54, 1.807) is 18.3 Å². The van der Waals surface area contributed by atoms with Gasteiger partial charge in [0.25, 0.3) is 5.91 Å². The van der Waals surface area contributed by atoms with E-state index < -0.39 is 0 Å². The number of hydrogen-bond acceptors (Lipinski definition) is 3. The number of benzene rings is 2. The fourth-order valence-electron chi connectivity index (χ4n) is 1.92. The van der Waals surface area contributed by atoms with Gasteiger partial charge in [-0.05, 0) is 42.7 Å². The van der Waals surface area contributed by atoms with Crippen LogP contribution >= 0.6 is 11.6 Å². The van der Waals surface area contributed by atoms with E-state index in [-0.39, 0.29) is 12.5 Å². The van der Waals surface area contributed by atoms with Crippen molar-refractivity contribution in [3.8, 4) is 5.75 Å². The first kappa shape index (κ1) is 16.0. The Hall–Kier alpha value is -2.33. The molecule has 0 aliphatic heterocycles. The number of rotatable bonds is 5. The van der Waals surface area contributed by atoms with Crippen LogP contribution in [0, 0.1) is 13.8 Å². The van der Waals surface area contributed by atoms with Crippen molar-refractivity contribution in [2.45, 2.75) is 13.8 Å². The fourth-order valence-corrected chi connectivity index (χ4v) is 2.05. The number of ether oxygens (including phenoxy) is 1. The Morgan fingerprint density at radius 2 is 1.82 bits per heavy atom. The van der Waals surface area contributed by atoms with E-state index >= 15 is 0 Å². The molecule has 5 heteroatoms. The second kappa shape index (κ2) is 7.61. The van der Waals surface area contributed by atoms with E-state index in [0.717, 1.165) is 22.4 Å². The highest BCUT2D eigenvalue weighted by Gasteiger charge is 2.06. The Balaban J connectivity index is 1.84. The molecule has 1 N–H and O–H groups in total. The third-order valence-electron chi connectivity index (χ3n) is 3.03. The zero-order valence-corrected chi connectivity index (χ0v) is 13.2. The van der Waals surface area contributed by atoms with E-state index in [4.69, 9.17) is 16.3 Å². The third kappa shape index (κ3) is 4.60. The summed E-state index contributed by atoms with van der Waals surface area (Å²) in [4.78, 5) is 11.7. The zero-order valence-electron chi connectivity index (χ0n) is 12.5. The molecule has 1 amide bonds. The van der Waals surface area contributed by atoms with Gasteiger partial charge in [0.1, 0.15) is 5.75 Å². The van der Waals surface area contributed by atoms with Gasteiger partial charge in [-0.25, -0.2) is 5.43 Å². The summed E-state index contributed by atoms with van der Waals surface area (Å²) in [6.45, 7) is 3.81. The van der Waals surface area contributed by atoms with E-state index in [1.165, 1.54) is 0 Å². The Labute approximate surface area is 134 Å². The smallest absolute Gasteiger partial charge is 0.277 e. The molecule has 0 unspecified atom stereocenters. The predicted molar refractivity (Wildman–Crippen MR) is 88.6 cm³/mol. The highest BCUT2D eigenvalue weighted by atomic mass is 35.5. The van der Waals surface area contributed by atoms with E-state index in [0.29, 0.717) is 5.02 Å². The molecule has 4 nitrogen and oxygen atoms in total. The molecular weight excluding hydrogens is 300 g/mol. The molecule has 0 saturated carbocycles. The molecule has 2 aromatic carbocycles. The first-order valence-corrected chi connectivity index (χ1v) is 7.20. The summed E-state index contributed by atoms with van der Waals surface area (Å²) < 4.78 is 5.54. The van der Waals surface area contributed by atoms with Crippen molar-refractivity contribution in [3.63, 3.8) is 0 Å². The van der Waals surface area contributed by atoms with Gasteiger partial charge in [-0.1, -0.05) is 41.9 Å². The molecule has 2 rings (SSSR count). The van der Waals surface area contributed by atoms with Crippen LogP contribution in [0.4, 0.5) is 0 Å². The first-order chi connectivity index (χ1) is 10.6. The number of hydrazone groups is 1. The Morgan fingerprint density at radius 3 is 2.45 bits per heavy atom. The molecule has 2 aromatic rings. The maximum Gasteiger partial charge on any atom is 0.277 e. The van der Waals surface area contributed by atoms with Crippen LogP contribution in [0.25, 0.3) is 0 Å². The summed E-state index contributed by atoms with van der Waals surface area (Å²) in [5.41, 5.74) is 5.27. The standard InChI is InChI=1S/C17H17ClN2O2/c1-12-4-3-5-13(2)17(12)22-11-16(21)20-19-10-14-6-8-15(18)9-7-14/h3-10H,11H2,1-2H3,(H,20,21)/b19-10+. The van der Waals surface area contributed by atoms with Gasteiger partial charge in [-0.2, -0.15) is 5.10 Å². The van der Waals surface area contributed by atoms with Crippen LogP contribution in [-0.2, 0) is 4.79 Å². The van der Waals surface area contributed by atoms with E-state index in [9.17, 15) is 4.79 Å².